The number of nitrogens with zero attached hydrogens (tertiary/aromatic N) is 3. The third-order valence-corrected chi connectivity index (χ3v) is 6.27. The molecule has 4 aromatic rings. The molecule has 6 nitrogen and oxygen atoms in total. The van der Waals surface area contributed by atoms with Gasteiger partial charge in [-0.15, -0.1) is 0 Å². The standard InChI is InChI=1S/C26H24F2N4O2/c1-16-14-18(17-6-3-4-8-22(17)34-2)19-15-21(30-24(19)23(16)28)26(33)32-12-10-31(11-13-32)25-20(27)7-5-9-29-25/h3-9,14-15,30H,10-13H2,1-2H3. The van der Waals surface area contributed by atoms with Crippen molar-refractivity contribution < 1.29 is 18.3 Å². The van der Waals surface area contributed by atoms with Crippen LogP contribution in [0.5, 0.6) is 5.75 Å². The molecule has 1 aliphatic rings. The molecule has 0 unspecified atom stereocenters. The van der Waals surface area contributed by atoms with Crippen molar-refractivity contribution in [1.29, 1.82) is 0 Å². The molecule has 8 heteroatoms. The molecule has 34 heavy (non-hydrogen) atoms. The van der Waals surface area contributed by atoms with Gasteiger partial charge < -0.3 is 19.5 Å². The maximum absolute atomic E-state index is 15.0. The lowest BCUT2D eigenvalue weighted by Crippen LogP contribution is -2.49. The van der Waals surface area contributed by atoms with Crippen molar-refractivity contribution in [3.05, 3.63) is 77.6 Å². The van der Waals surface area contributed by atoms with E-state index in [1.165, 1.54) is 6.07 Å². The first-order valence-corrected chi connectivity index (χ1v) is 11.1. The molecule has 0 saturated carbocycles. The summed E-state index contributed by atoms with van der Waals surface area (Å²) >= 11 is 0. The van der Waals surface area contributed by atoms with E-state index in [1.54, 1.807) is 43.3 Å². The number of pyridine rings is 1. The molecule has 0 aliphatic carbocycles. The first kappa shape index (κ1) is 21.9. The van der Waals surface area contributed by atoms with Crippen LogP contribution < -0.4 is 9.64 Å². The van der Waals surface area contributed by atoms with E-state index < -0.39 is 0 Å². The fourth-order valence-electron chi connectivity index (χ4n) is 4.50. The van der Waals surface area contributed by atoms with Gasteiger partial charge in [0.05, 0.1) is 12.6 Å². The number of H-pyrrole nitrogens is 1. The number of methoxy groups -OCH3 is 1. The van der Waals surface area contributed by atoms with Crippen LogP contribution in [0.2, 0.25) is 0 Å². The second-order valence-electron chi connectivity index (χ2n) is 8.32. The topological polar surface area (TPSA) is 61.5 Å². The van der Waals surface area contributed by atoms with Crippen LogP contribution in [-0.4, -0.2) is 54.1 Å². The molecule has 0 bridgehead atoms. The zero-order valence-corrected chi connectivity index (χ0v) is 18.9. The van der Waals surface area contributed by atoms with Crippen LogP contribution in [0.25, 0.3) is 22.0 Å². The number of benzene rings is 2. The van der Waals surface area contributed by atoms with Crippen LogP contribution in [-0.2, 0) is 0 Å². The molecule has 0 atom stereocenters. The zero-order valence-electron chi connectivity index (χ0n) is 18.9. The van der Waals surface area contributed by atoms with Gasteiger partial charge in [0.15, 0.2) is 11.6 Å². The number of amides is 1. The van der Waals surface area contributed by atoms with E-state index in [-0.39, 0.29) is 17.5 Å². The molecule has 2 aromatic carbocycles. The molecule has 1 amide bonds. The molecule has 2 aromatic heterocycles. The summed E-state index contributed by atoms with van der Waals surface area (Å²) in [4.78, 5) is 23.9. The van der Waals surface area contributed by atoms with Gasteiger partial charge in [-0.05, 0) is 48.4 Å². The van der Waals surface area contributed by atoms with Crippen molar-refractivity contribution in [3.63, 3.8) is 0 Å². The van der Waals surface area contributed by atoms with E-state index in [4.69, 9.17) is 4.74 Å². The highest BCUT2D eigenvalue weighted by Gasteiger charge is 2.26. The van der Waals surface area contributed by atoms with E-state index in [0.717, 1.165) is 11.1 Å². The number of anilines is 1. The monoisotopic (exact) mass is 462 g/mol. The molecule has 1 aliphatic heterocycles. The number of carbonyl (C=O) groups is 1. The minimum absolute atomic E-state index is 0.222. The quantitative estimate of drug-likeness (QED) is 0.474. The first-order valence-electron chi connectivity index (χ1n) is 11.1. The highest BCUT2D eigenvalue weighted by atomic mass is 19.1. The average molecular weight is 463 g/mol. The number of piperazine rings is 1. The largest absolute Gasteiger partial charge is 0.496 e. The number of aryl methyl sites for hydroxylation is 1. The first-order chi connectivity index (χ1) is 16.5. The van der Waals surface area contributed by atoms with Crippen LogP contribution in [0, 0.1) is 18.6 Å². The molecule has 174 valence electrons. The summed E-state index contributed by atoms with van der Waals surface area (Å²) in [7, 11) is 1.59. The highest BCUT2D eigenvalue weighted by Crippen LogP contribution is 2.37. The van der Waals surface area contributed by atoms with Crippen molar-refractivity contribution in [1.82, 2.24) is 14.9 Å². The Morgan fingerprint density at radius 3 is 2.53 bits per heavy atom. The van der Waals surface area contributed by atoms with Crippen LogP contribution >= 0.6 is 0 Å². The van der Waals surface area contributed by atoms with Gasteiger partial charge in [0.1, 0.15) is 17.3 Å². The summed E-state index contributed by atoms with van der Waals surface area (Å²) in [6, 6.07) is 13.9. The number of aromatic amines is 1. The van der Waals surface area contributed by atoms with E-state index in [9.17, 15) is 9.18 Å². The molecule has 0 radical (unpaired) electrons. The Hall–Kier alpha value is -3.94. The Labute approximate surface area is 195 Å². The minimum Gasteiger partial charge on any atom is -0.496 e. The maximum Gasteiger partial charge on any atom is 0.270 e. The van der Waals surface area contributed by atoms with Crippen molar-refractivity contribution in [3.8, 4) is 16.9 Å². The number of rotatable bonds is 4. The molecular formula is C26H24F2N4O2. The Bertz CT molecular complexity index is 1380. The minimum atomic E-state index is -0.386. The molecule has 1 saturated heterocycles. The lowest BCUT2D eigenvalue weighted by atomic mass is 9.98. The molecule has 0 spiro atoms. The average Bonchev–Trinajstić information content (AvgIpc) is 3.32. The zero-order chi connectivity index (χ0) is 23.8. The number of ether oxygens (including phenoxy) is 1. The van der Waals surface area contributed by atoms with Gasteiger partial charge in [0.25, 0.3) is 5.91 Å². The van der Waals surface area contributed by atoms with E-state index in [1.807, 2.05) is 29.2 Å². The van der Waals surface area contributed by atoms with Gasteiger partial charge in [-0.25, -0.2) is 13.8 Å². The number of nitrogens with one attached hydrogen (secondary N) is 1. The fraction of sp³-hybridized carbons (Fsp3) is 0.231. The van der Waals surface area contributed by atoms with E-state index >= 15 is 4.39 Å². The summed E-state index contributed by atoms with van der Waals surface area (Å²) < 4.78 is 34.6. The Balaban J connectivity index is 1.45. The van der Waals surface area contributed by atoms with Gasteiger partial charge >= 0.3 is 0 Å². The van der Waals surface area contributed by atoms with Crippen molar-refractivity contribution in [2.75, 3.05) is 38.2 Å². The SMILES string of the molecule is COc1ccccc1-c1cc(C)c(F)c2[nH]c(C(=O)N3CCN(c4ncccc4F)CC3)cc12. The lowest BCUT2D eigenvalue weighted by molar-refractivity contribution is 0.0741. The van der Waals surface area contributed by atoms with E-state index in [2.05, 4.69) is 9.97 Å². The summed E-state index contributed by atoms with van der Waals surface area (Å²) in [5.41, 5.74) is 2.69. The Morgan fingerprint density at radius 1 is 1.03 bits per heavy atom. The summed E-state index contributed by atoms with van der Waals surface area (Å²) in [6.45, 7) is 3.43. The van der Waals surface area contributed by atoms with Crippen molar-refractivity contribution >= 4 is 22.6 Å². The maximum atomic E-state index is 15.0. The van der Waals surface area contributed by atoms with Crippen LogP contribution in [0.3, 0.4) is 0 Å². The van der Waals surface area contributed by atoms with Gasteiger partial charge in [-0.2, -0.15) is 0 Å². The van der Waals surface area contributed by atoms with Gasteiger partial charge in [-0.3, -0.25) is 4.79 Å². The van der Waals surface area contributed by atoms with Gasteiger partial charge in [0.2, 0.25) is 0 Å². The molecular weight excluding hydrogens is 438 g/mol. The predicted octanol–water partition coefficient (Wildman–Crippen LogP) is 4.79. The molecule has 1 fully saturated rings. The second-order valence-corrected chi connectivity index (χ2v) is 8.32. The molecule has 3 heterocycles. The fourth-order valence-corrected chi connectivity index (χ4v) is 4.50. The number of halogens is 2. The highest BCUT2D eigenvalue weighted by molar-refractivity contribution is 6.04. The van der Waals surface area contributed by atoms with E-state index in [0.29, 0.717) is 59.9 Å². The number of hydrogen-bond donors (Lipinski definition) is 1. The van der Waals surface area contributed by atoms with Crippen molar-refractivity contribution in [2.24, 2.45) is 0 Å². The van der Waals surface area contributed by atoms with Crippen LogP contribution in [0.1, 0.15) is 16.1 Å². The number of fused-ring (bicyclic) bond motifs is 1. The summed E-state index contributed by atoms with van der Waals surface area (Å²) in [6.07, 6.45) is 1.55. The summed E-state index contributed by atoms with van der Waals surface area (Å²) in [5.74, 6) is -0.0305. The van der Waals surface area contributed by atoms with Crippen LogP contribution in [0.4, 0.5) is 14.6 Å². The number of carbonyl (C=O) groups excluding carboxylic acids is 1. The van der Waals surface area contributed by atoms with Crippen molar-refractivity contribution in [2.45, 2.75) is 6.92 Å². The smallest absolute Gasteiger partial charge is 0.270 e. The normalized spacial score (nSPS) is 14.0. The Kier molecular flexibility index (Phi) is 5.65. The molecule has 1 N–H and O–H groups in total. The lowest BCUT2D eigenvalue weighted by Gasteiger charge is -2.35. The number of aromatic nitrogens is 2. The third kappa shape index (κ3) is 3.75. The van der Waals surface area contributed by atoms with Gasteiger partial charge in [0, 0.05) is 43.3 Å². The third-order valence-electron chi connectivity index (χ3n) is 6.27. The molecule has 5 rings (SSSR count). The Morgan fingerprint density at radius 2 is 1.79 bits per heavy atom. The van der Waals surface area contributed by atoms with Crippen LogP contribution in [0.15, 0.2) is 54.7 Å². The summed E-state index contributed by atoms with van der Waals surface area (Å²) in [5, 5.41) is 0.616. The number of hydrogen-bond acceptors (Lipinski definition) is 4. The number of para-hydroxylation sites is 1. The van der Waals surface area contributed by atoms with Gasteiger partial charge in [-0.1, -0.05) is 18.2 Å². The second kappa shape index (κ2) is 8.78. The predicted molar refractivity (Wildman–Crippen MR) is 127 cm³/mol.